The Hall–Kier alpha value is -1.68. The maximum absolute atomic E-state index is 11.4. The molecular weight excluding hydrogens is 398 g/mol. The number of nitrogens with one attached hydrogen (secondary N) is 1. The van der Waals surface area contributed by atoms with Crippen molar-refractivity contribution in [3.8, 4) is 0 Å². The van der Waals surface area contributed by atoms with Gasteiger partial charge in [-0.1, -0.05) is 0 Å². The van der Waals surface area contributed by atoms with Gasteiger partial charge in [0, 0.05) is 14.2 Å². The van der Waals surface area contributed by atoms with Gasteiger partial charge in [-0.15, -0.1) is 0 Å². The summed E-state index contributed by atoms with van der Waals surface area (Å²) in [4.78, 5) is 22.2. The van der Waals surface area contributed by atoms with E-state index in [-0.39, 0.29) is 12.3 Å². The number of carbonyl (C=O) groups is 2. The van der Waals surface area contributed by atoms with Gasteiger partial charge in [-0.3, -0.25) is 5.32 Å². The zero-order valence-electron chi connectivity index (χ0n) is 15.7. The zero-order chi connectivity index (χ0) is 21.7. The molecule has 0 saturated carbocycles. The van der Waals surface area contributed by atoms with Crippen molar-refractivity contribution in [3.63, 3.8) is 0 Å². The largest absolute Gasteiger partial charge is 0.479 e. The van der Waals surface area contributed by atoms with Crippen LogP contribution >= 0.6 is 0 Å². The van der Waals surface area contributed by atoms with Crippen LogP contribution in [0.4, 0.5) is 0 Å². The lowest BCUT2D eigenvalue weighted by Crippen LogP contribution is -2.63. The summed E-state index contributed by atoms with van der Waals surface area (Å²) in [6, 6.07) is -0.885. The van der Waals surface area contributed by atoms with Gasteiger partial charge in [0.2, 0.25) is 12.6 Å². The summed E-state index contributed by atoms with van der Waals surface area (Å²) < 4.78 is 26.2. The second-order valence-corrected chi connectivity index (χ2v) is 6.31. The second kappa shape index (κ2) is 10.4. The summed E-state index contributed by atoms with van der Waals surface area (Å²) in [7, 11) is 2.42. The minimum absolute atomic E-state index is 0.140. The molecule has 0 spiro atoms. The van der Waals surface area contributed by atoms with Crippen LogP contribution in [0.1, 0.15) is 0 Å². The van der Waals surface area contributed by atoms with Crippen LogP contribution in [0.25, 0.3) is 0 Å². The van der Waals surface area contributed by atoms with Gasteiger partial charge >= 0.3 is 5.97 Å². The standard InChI is InChI=1S/C16H25NO12/c1-25-11-9(19)10(20)16(29-12(11)14(23)24)27-6-5-7(13(21)22)28-15(26-2)8(6)17-3-4-18/h4-6,8-13,15-17,19-22H,3H2,1-2H3,(H,23,24). The molecular formula is C16H25NO12. The minimum atomic E-state index is -2.02. The third kappa shape index (κ3) is 5.28. The lowest BCUT2D eigenvalue weighted by Gasteiger charge is -2.43. The molecule has 8 atom stereocenters. The van der Waals surface area contributed by atoms with E-state index in [0.29, 0.717) is 6.29 Å². The van der Waals surface area contributed by atoms with Crippen molar-refractivity contribution in [1.82, 2.24) is 5.32 Å². The molecule has 1 saturated heterocycles. The van der Waals surface area contributed by atoms with Crippen molar-refractivity contribution in [2.75, 3.05) is 20.8 Å². The van der Waals surface area contributed by atoms with E-state index < -0.39 is 61.4 Å². The summed E-state index contributed by atoms with van der Waals surface area (Å²) in [5.74, 6) is -1.78. The summed E-state index contributed by atoms with van der Waals surface area (Å²) in [6.07, 6.45) is -10.5. The monoisotopic (exact) mass is 423 g/mol. The van der Waals surface area contributed by atoms with Crippen LogP contribution in [-0.2, 0) is 33.3 Å². The van der Waals surface area contributed by atoms with Crippen molar-refractivity contribution < 1.29 is 58.8 Å². The van der Waals surface area contributed by atoms with Gasteiger partial charge in [0.05, 0.1) is 6.54 Å². The number of aliphatic hydroxyl groups excluding tert-OH is 3. The maximum Gasteiger partial charge on any atom is 0.335 e. The molecule has 2 aliphatic rings. The molecule has 2 heterocycles. The average molecular weight is 423 g/mol. The average Bonchev–Trinajstić information content (AvgIpc) is 2.69. The molecule has 0 bridgehead atoms. The highest BCUT2D eigenvalue weighted by molar-refractivity contribution is 5.73. The van der Waals surface area contributed by atoms with Gasteiger partial charge < -0.3 is 54.0 Å². The van der Waals surface area contributed by atoms with Crippen LogP contribution < -0.4 is 5.32 Å². The minimum Gasteiger partial charge on any atom is -0.479 e. The molecule has 2 rings (SSSR count). The van der Waals surface area contributed by atoms with Crippen LogP contribution in [0.15, 0.2) is 11.8 Å². The molecule has 0 aromatic heterocycles. The van der Waals surface area contributed by atoms with Gasteiger partial charge in [0.1, 0.15) is 36.7 Å². The van der Waals surface area contributed by atoms with Crippen molar-refractivity contribution >= 4 is 12.3 Å². The summed E-state index contributed by atoms with van der Waals surface area (Å²) >= 11 is 0. The predicted octanol–water partition coefficient (Wildman–Crippen LogP) is -3.73. The van der Waals surface area contributed by atoms with Crippen LogP contribution in [0.2, 0.25) is 0 Å². The Kier molecular flexibility index (Phi) is 8.45. The number of carboxylic acid groups (broad SMARTS) is 1. The first kappa shape index (κ1) is 23.6. The van der Waals surface area contributed by atoms with E-state index in [9.17, 15) is 35.1 Å². The van der Waals surface area contributed by atoms with Gasteiger partial charge in [-0.2, -0.15) is 0 Å². The number of carboxylic acids is 1. The Balaban J connectivity index is 2.29. The molecule has 1 fully saturated rings. The Labute approximate surface area is 165 Å². The molecule has 2 aliphatic heterocycles. The predicted molar refractivity (Wildman–Crippen MR) is 90.0 cm³/mol. The van der Waals surface area contributed by atoms with E-state index in [4.69, 9.17) is 23.7 Å². The summed E-state index contributed by atoms with van der Waals surface area (Å²) in [6.45, 7) is -0.140. The molecule has 166 valence electrons. The first-order chi connectivity index (χ1) is 13.7. The third-order valence-corrected chi connectivity index (χ3v) is 4.50. The number of ether oxygens (including phenoxy) is 5. The number of aldehydes is 1. The third-order valence-electron chi connectivity index (χ3n) is 4.50. The fourth-order valence-electron chi connectivity index (χ4n) is 3.10. The lowest BCUT2D eigenvalue weighted by molar-refractivity contribution is -0.311. The molecule has 13 nitrogen and oxygen atoms in total. The van der Waals surface area contributed by atoms with Crippen molar-refractivity contribution in [1.29, 1.82) is 0 Å². The van der Waals surface area contributed by atoms with Gasteiger partial charge in [0.15, 0.2) is 18.2 Å². The van der Waals surface area contributed by atoms with Crippen LogP contribution in [-0.4, -0.2) is 114 Å². The summed E-state index contributed by atoms with van der Waals surface area (Å²) in [5.41, 5.74) is 0. The van der Waals surface area contributed by atoms with E-state index in [1.54, 1.807) is 0 Å². The van der Waals surface area contributed by atoms with Gasteiger partial charge in [0.25, 0.3) is 0 Å². The number of aliphatic hydroxyl groups is 4. The Morgan fingerprint density at radius 1 is 1.24 bits per heavy atom. The quantitative estimate of drug-likeness (QED) is 0.157. The molecule has 13 heteroatoms. The van der Waals surface area contributed by atoms with E-state index in [2.05, 4.69) is 5.32 Å². The highest BCUT2D eigenvalue weighted by Gasteiger charge is 2.50. The fourth-order valence-corrected chi connectivity index (χ4v) is 3.10. The smallest absolute Gasteiger partial charge is 0.335 e. The number of hydrogen-bond acceptors (Lipinski definition) is 12. The number of hydrogen-bond donors (Lipinski definition) is 6. The topological polar surface area (TPSA) is 193 Å². The summed E-state index contributed by atoms with van der Waals surface area (Å²) in [5, 5.41) is 51.4. The highest BCUT2D eigenvalue weighted by Crippen LogP contribution is 2.29. The van der Waals surface area contributed by atoms with Crippen molar-refractivity contribution in [2.24, 2.45) is 0 Å². The van der Waals surface area contributed by atoms with Crippen LogP contribution in [0.3, 0.4) is 0 Å². The van der Waals surface area contributed by atoms with Crippen LogP contribution in [0, 0.1) is 0 Å². The SMILES string of the molecule is COC1OC(C(O)O)=CC(OC2OC(C(=O)O)C(OC)C(O)C2O)C1NCC=O. The molecule has 8 unspecified atom stereocenters. The van der Waals surface area contributed by atoms with E-state index in [0.717, 1.165) is 13.2 Å². The molecule has 0 aromatic carbocycles. The van der Waals surface area contributed by atoms with Gasteiger partial charge in [-0.25, -0.2) is 4.79 Å². The highest BCUT2D eigenvalue weighted by atomic mass is 16.7. The van der Waals surface area contributed by atoms with Gasteiger partial charge in [-0.05, 0) is 6.08 Å². The number of carbonyl (C=O) groups excluding carboxylic acids is 1. The lowest BCUT2D eigenvalue weighted by atomic mass is 9.98. The Bertz CT molecular complexity index is 598. The van der Waals surface area contributed by atoms with E-state index >= 15 is 0 Å². The molecule has 29 heavy (non-hydrogen) atoms. The Morgan fingerprint density at radius 2 is 1.93 bits per heavy atom. The normalized spacial score (nSPS) is 37.7. The Morgan fingerprint density at radius 3 is 2.45 bits per heavy atom. The molecule has 0 aromatic rings. The first-order valence-corrected chi connectivity index (χ1v) is 8.62. The molecule has 0 amide bonds. The number of methoxy groups -OCH3 is 2. The molecule has 6 N–H and O–H groups in total. The van der Waals surface area contributed by atoms with E-state index in [1.165, 1.54) is 7.11 Å². The van der Waals surface area contributed by atoms with Crippen LogP contribution in [0.5, 0.6) is 0 Å². The maximum atomic E-state index is 11.4. The fraction of sp³-hybridized carbons (Fsp3) is 0.750. The number of rotatable bonds is 9. The van der Waals surface area contributed by atoms with E-state index in [1.807, 2.05) is 0 Å². The zero-order valence-corrected chi connectivity index (χ0v) is 15.7. The van der Waals surface area contributed by atoms with Crippen molar-refractivity contribution in [3.05, 3.63) is 11.8 Å². The first-order valence-electron chi connectivity index (χ1n) is 8.62. The second-order valence-electron chi connectivity index (χ2n) is 6.31. The molecule has 0 aliphatic carbocycles. The van der Waals surface area contributed by atoms with Crippen molar-refractivity contribution in [2.45, 2.75) is 55.4 Å². The number of aliphatic carboxylic acids is 1. The molecule has 0 radical (unpaired) electrons.